The van der Waals surface area contributed by atoms with Crippen LogP contribution in [0.1, 0.15) is 70.6 Å². The number of piperidine rings is 1. The quantitative estimate of drug-likeness (QED) is 0.183. The molecule has 10 heteroatoms. The first-order valence-corrected chi connectivity index (χ1v) is 16.0. The number of nitrogens with one attached hydrogen (secondary N) is 1. The van der Waals surface area contributed by atoms with Gasteiger partial charge in [-0.2, -0.15) is 0 Å². The predicted molar refractivity (Wildman–Crippen MR) is 174 cm³/mol. The van der Waals surface area contributed by atoms with Gasteiger partial charge in [0.25, 0.3) is 0 Å². The van der Waals surface area contributed by atoms with E-state index in [1.54, 1.807) is 7.11 Å². The van der Waals surface area contributed by atoms with Gasteiger partial charge in [0.2, 0.25) is 5.91 Å². The number of amides is 2. The van der Waals surface area contributed by atoms with Crippen LogP contribution in [0.5, 0.6) is 5.75 Å². The first-order valence-electron chi connectivity index (χ1n) is 15.3. The largest absolute Gasteiger partial charge is 0.444 e. The first kappa shape index (κ1) is 33.5. The number of fused-ring (bicyclic) bond motifs is 1. The molecule has 4 rings (SSSR count). The Labute approximate surface area is 268 Å². The van der Waals surface area contributed by atoms with Crippen molar-refractivity contribution in [3.05, 3.63) is 64.3 Å². The van der Waals surface area contributed by atoms with Gasteiger partial charge in [-0.25, -0.2) is 4.79 Å². The standard InChI is InChI=1S/C34H44BrN3O6/c1-23(39)43-32-28-11-6-7-12-29(28)38(18-9-19-42-5)31(32)25-10-8-17-37(22-25)30(40)21-27(36-33(41)44-34(2,3)4)20-24-13-15-26(35)16-14-24/h6-7,11-16,25,27H,8-10,17-22H2,1-5H3,(H,36,41)/t25?,27-/m1/s1. The van der Waals surface area contributed by atoms with Crippen LogP contribution >= 0.6 is 15.9 Å². The number of carbonyl (C=O) groups excluding carboxylic acids is 3. The summed E-state index contributed by atoms with van der Waals surface area (Å²) in [6.07, 6.45) is 2.54. The van der Waals surface area contributed by atoms with E-state index in [0.29, 0.717) is 38.4 Å². The van der Waals surface area contributed by atoms with E-state index >= 15 is 0 Å². The Kier molecular flexibility index (Phi) is 11.5. The highest BCUT2D eigenvalue weighted by atomic mass is 79.9. The summed E-state index contributed by atoms with van der Waals surface area (Å²) in [4.78, 5) is 40.7. The lowest BCUT2D eigenvalue weighted by Gasteiger charge is -2.35. The molecule has 3 aromatic rings. The molecule has 0 radical (unpaired) electrons. The lowest BCUT2D eigenvalue weighted by molar-refractivity contribution is -0.133. The summed E-state index contributed by atoms with van der Waals surface area (Å²) >= 11 is 3.47. The van der Waals surface area contributed by atoms with Gasteiger partial charge in [-0.05, 0) is 76.3 Å². The molecule has 2 heterocycles. The molecule has 44 heavy (non-hydrogen) atoms. The number of rotatable bonds is 11. The third-order valence-electron chi connectivity index (χ3n) is 7.64. The molecular formula is C34H44BrN3O6. The fraction of sp³-hybridized carbons (Fsp3) is 0.500. The molecule has 9 nitrogen and oxygen atoms in total. The molecule has 0 saturated carbocycles. The van der Waals surface area contributed by atoms with Crippen LogP contribution in [-0.2, 0) is 32.0 Å². The van der Waals surface area contributed by atoms with Crippen molar-refractivity contribution in [3.8, 4) is 5.75 Å². The molecule has 2 atom stereocenters. The second kappa shape index (κ2) is 15.1. The highest BCUT2D eigenvalue weighted by molar-refractivity contribution is 9.10. The van der Waals surface area contributed by atoms with Gasteiger partial charge in [-0.3, -0.25) is 9.59 Å². The molecule has 1 aromatic heterocycles. The molecule has 1 unspecified atom stereocenters. The monoisotopic (exact) mass is 669 g/mol. The number of carbonyl (C=O) groups is 3. The number of aromatic nitrogens is 1. The third kappa shape index (κ3) is 9.08. The van der Waals surface area contributed by atoms with Crippen molar-refractivity contribution in [1.29, 1.82) is 0 Å². The average molecular weight is 671 g/mol. The van der Waals surface area contributed by atoms with E-state index < -0.39 is 17.7 Å². The maximum atomic E-state index is 13.8. The maximum Gasteiger partial charge on any atom is 0.407 e. The summed E-state index contributed by atoms with van der Waals surface area (Å²) in [5.74, 6) is 0.132. The van der Waals surface area contributed by atoms with Gasteiger partial charge in [0.15, 0.2) is 5.75 Å². The van der Waals surface area contributed by atoms with Gasteiger partial charge in [0.1, 0.15) is 5.60 Å². The fourth-order valence-electron chi connectivity index (χ4n) is 5.88. The van der Waals surface area contributed by atoms with Crippen LogP contribution in [0.3, 0.4) is 0 Å². The maximum absolute atomic E-state index is 13.8. The van der Waals surface area contributed by atoms with E-state index in [0.717, 1.165) is 45.9 Å². The molecule has 1 N–H and O–H groups in total. The van der Waals surface area contributed by atoms with Crippen LogP contribution in [0.25, 0.3) is 10.9 Å². The van der Waals surface area contributed by atoms with Gasteiger partial charge in [-0.15, -0.1) is 0 Å². The lowest BCUT2D eigenvalue weighted by atomic mass is 9.93. The number of alkyl carbamates (subject to hydrolysis) is 1. The number of aryl methyl sites for hydroxylation is 1. The summed E-state index contributed by atoms with van der Waals surface area (Å²) in [7, 11) is 1.69. The Morgan fingerprint density at radius 2 is 1.82 bits per heavy atom. The van der Waals surface area contributed by atoms with E-state index in [2.05, 4.69) is 25.8 Å². The van der Waals surface area contributed by atoms with Crippen LogP contribution < -0.4 is 10.1 Å². The topological polar surface area (TPSA) is 99.1 Å². The lowest BCUT2D eigenvalue weighted by Crippen LogP contribution is -2.46. The van der Waals surface area contributed by atoms with Crippen molar-refractivity contribution < 1.29 is 28.6 Å². The second-order valence-electron chi connectivity index (χ2n) is 12.4. The number of para-hydroxylation sites is 1. The van der Waals surface area contributed by atoms with Gasteiger partial charge < -0.3 is 29.0 Å². The summed E-state index contributed by atoms with van der Waals surface area (Å²) in [5.41, 5.74) is 2.28. The van der Waals surface area contributed by atoms with Crippen LogP contribution in [0.4, 0.5) is 4.79 Å². The third-order valence-corrected chi connectivity index (χ3v) is 8.17. The number of methoxy groups -OCH3 is 1. The van der Waals surface area contributed by atoms with Gasteiger partial charge in [-0.1, -0.05) is 40.2 Å². The number of benzene rings is 2. The minimum atomic E-state index is -0.655. The molecule has 2 amide bonds. The molecule has 0 aliphatic carbocycles. The molecule has 2 aromatic carbocycles. The summed E-state index contributed by atoms with van der Waals surface area (Å²) in [6, 6.07) is 15.4. The second-order valence-corrected chi connectivity index (χ2v) is 13.3. The number of hydrogen-bond acceptors (Lipinski definition) is 6. The van der Waals surface area contributed by atoms with Gasteiger partial charge >= 0.3 is 12.1 Å². The van der Waals surface area contributed by atoms with Gasteiger partial charge in [0, 0.05) is 68.5 Å². The number of likely N-dealkylation sites (tertiary alicyclic amines) is 1. The van der Waals surface area contributed by atoms with Crippen LogP contribution in [-0.4, -0.2) is 65.9 Å². The Morgan fingerprint density at radius 1 is 1.09 bits per heavy atom. The first-order chi connectivity index (χ1) is 20.9. The van der Waals surface area contributed by atoms with E-state index in [4.69, 9.17) is 14.2 Å². The normalized spacial score (nSPS) is 16.0. The van der Waals surface area contributed by atoms with Crippen molar-refractivity contribution in [1.82, 2.24) is 14.8 Å². The number of hydrogen-bond donors (Lipinski definition) is 1. The number of ether oxygens (including phenoxy) is 3. The Bertz CT molecular complexity index is 1450. The molecule has 1 fully saturated rings. The van der Waals surface area contributed by atoms with Crippen molar-refractivity contribution in [3.63, 3.8) is 0 Å². The summed E-state index contributed by atoms with van der Waals surface area (Å²) in [6.45, 7) is 9.28. The summed E-state index contributed by atoms with van der Waals surface area (Å²) in [5, 5.41) is 3.83. The number of esters is 1. The zero-order chi connectivity index (χ0) is 31.9. The van der Waals surface area contributed by atoms with E-state index in [1.807, 2.05) is 74.2 Å². The van der Waals surface area contributed by atoms with Crippen molar-refractivity contribution in [2.24, 2.45) is 0 Å². The highest BCUT2D eigenvalue weighted by Gasteiger charge is 2.33. The SMILES string of the molecule is COCCCn1c(C2CCCN(C(=O)C[C@@H](Cc3ccc(Br)cc3)NC(=O)OC(C)(C)C)C2)c(OC(C)=O)c2ccccc21. The number of halogens is 1. The molecule has 0 bridgehead atoms. The smallest absolute Gasteiger partial charge is 0.407 e. The Hall–Kier alpha value is -3.37. The van der Waals surface area contributed by atoms with Crippen molar-refractivity contribution in [2.45, 2.75) is 83.9 Å². The predicted octanol–water partition coefficient (Wildman–Crippen LogP) is 6.60. The zero-order valence-electron chi connectivity index (χ0n) is 26.4. The van der Waals surface area contributed by atoms with E-state index in [-0.39, 0.29) is 24.2 Å². The van der Waals surface area contributed by atoms with E-state index in [9.17, 15) is 14.4 Å². The van der Waals surface area contributed by atoms with Crippen LogP contribution in [0.15, 0.2) is 53.0 Å². The molecule has 0 spiro atoms. The molecule has 1 saturated heterocycles. The van der Waals surface area contributed by atoms with Crippen LogP contribution in [0, 0.1) is 0 Å². The fourth-order valence-corrected chi connectivity index (χ4v) is 6.14. The molecular weight excluding hydrogens is 626 g/mol. The van der Waals surface area contributed by atoms with Crippen molar-refractivity contribution >= 4 is 44.8 Å². The zero-order valence-corrected chi connectivity index (χ0v) is 27.9. The number of nitrogens with zero attached hydrogens (tertiary/aromatic N) is 2. The molecule has 1 aliphatic rings. The molecule has 1 aliphatic heterocycles. The average Bonchev–Trinajstić information content (AvgIpc) is 3.26. The Morgan fingerprint density at radius 3 is 2.50 bits per heavy atom. The Balaban J connectivity index is 1.58. The highest BCUT2D eigenvalue weighted by Crippen LogP contribution is 2.41. The van der Waals surface area contributed by atoms with Gasteiger partial charge in [0.05, 0.1) is 11.2 Å². The minimum Gasteiger partial charge on any atom is -0.444 e. The van der Waals surface area contributed by atoms with Crippen LogP contribution in [0.2, 0.25) is 0 Å². The van der Waals surface area contributed by atoms with Crippen molar-refractivity contribution in [2.75, 3.05) is 26.8 Å². The van der Waals surface area contributed by atoms with E-state index in [1.165, 1.54) is 6.92 Å². The molecule has 238 valence electrons. The minimum absolute atomic E-state index is 0.0271. The summed E-state index contributed by atoms with van der Waals surface area (Å²) < 4.78 is 19.9.